The minimum absolute atomic E-state index is 0.289. The Kier molecular flexibility index (Phi) is 1.67. The Labute approximate surface area is 80.8 Å². The van der Waals surface area contributed by atoms with Crippen LogP contribution in [-0.4, -0.2) is 29.5 Å². The molecule has 0 unspecified atom stereocenters. The van der Waals surface area contributed by atoms with Crippen molar-refractivity contribution in [2.45, 2.75) is 6.10 Å². The lowest BCUT2D eigenvalue weighted by Gasteiger charge is -2.04. The highest BCUT2D eigenvalue weighted by atomic mass is 16.6. The largest absolute Gasteiger partial charge is 0.490 e. The molecule has 0 amide bonds. The van der Waals surface area contributed by atoms with E-state index in [1.807, 2.05) is 18.2 Å². The Hall–Kier alpha value is -1.55. The molecule has 2 aromatic rings. The lowest BCUT2D eigenvalue weighted by atomic mass is 10.2. The van der Waals surface area contributed by atoms with Crippen LogP contribution in [0.4, 0.5) is 0 Å². The molecule has 1 saturated heterocycles. The fourth-order valence-corrected chi connectivity index (χ4v) is 1.41. The number of rotatable bonds is 3. The summed E-state index contributed by atoms with van der Waals surface area (Å²) in [5, 5.41) is 7.89. The summed E-state index contributed by atoms with van der Waals surface area (Å²) in [6.45, 7) is 1.45. The van der Waals surface area contributed by atoms with E-state index in [1.54, 1.807) is 6.20 Å². The summed E-state index contributed by atoms with van der Waals surface area (Å²) >= 11 is 0. The summed E-state index contributed by atoms with van der Waals surface area (Å²) < 4.78 is 10.7. The Morgan fingerprint density at radius 3 is 3.36 bits per heavy atom. The van der Waals surface area contributed by atoms with Crippen molar-refractivity contribution in [2.24, 2.45) is 0 Å². The first-order valence-electron chi connectivity index (χ1n) is 4.60. The van der Waals surface area contributed by atoms with E-state index in [0.717, 1.165) is 23.3 Å². The van der Waals surface area contributed by atoms with Gasteiger partial charge in [-0.1, -0.05) is 6.07 Å². The fraction of sp³-hybridized carbons (Fsp3) is 0.300. The average molecular weight is 190 g/mol. The molecule has 0 spiro atoms. The molecule has 0 aliphatic carbocycles. The van der Waals surface area contributed by atoms with Crippen molar-refractivity contribution in [2.75, 3.05) is 13.2 Å². The number of epoxide rings is 1. The number of nitrogens with one attached hydrogen (secondary N) is 1. The summed E-state index contributed by atoms with van der Waals surface area (Å²) in [6, 6.07) is 5.87. The van der Waals surface area contributed by atoms with Gasteiger partial charge in [-0.2, -0.15) is 5.10 Å². The van der Waals surface area contributed by atoms with Gasteiger partial charge in [0, 0.05) is 0 Å². The van der Waals surface area contributed by atoms with Crippen molar-refractivity contribution in [3.63, 3.8) is 0 Å². The van der Waals surface area contributed by atoms with Crippen molar-refractivity contribution < 1.29 is 9.47 Å². The SMILES string of the molecule is c1cc(OC[C@H]2CO2)c2cn[nH]c2c1. The Morgan fingerprint density at radius 1 is 1.57 bits per heavy atom. The van der Waals surface area contributed by atoms with Crippen LogP contribution in [-0.2, 0) is 4.74 Å². The molecule has 1 aliphatic heterocycles. The zero-order chi connectivity index (χ0) is 9.38. The number of aromatic amines is 1. The summed E-state index contributed by atoms with van der Waals surface area (Å²) in [6.07, 6.45) is 2.07. The molecule has 1 aliphatic rings. The quantitative estimate of drug-likeness (QED) is 0.743. The Balaban J connectivity index is 1.89. The van der Waals surface area contributed by atoms with E-state index in [0.29, 0.717) is 6.61 Å². The third kappa shape index (κ3) is 1.33. The topological polar surface area (TPSA) is 50.4 Å². The summed E-state index contributed by atoms with van der Waals surface area (Å²) in [5.74, 6) is 0.867. The summed E-state index contributed by atoms with van der Waals surface area (Å²) in [5.41, 5.74) is 0.999. The van der Waals surface area contributed by atoms with Crippen LogP contribution in [0.3, 0.4) is 0 Å². The van der Waals surface area contributed by atoms with Crippen LogP contribution in [0.15, 0.2) is 24.4 Å². The lowest BCUT2D eigenvalue weighted by Crippen LogP contribution is -2.03. The molecule has 2 heterocycles. The molecular formula is C10H10N2O2. The molecule has 72 valence electrons. The Bertz CT molecular complexity index is 448. The van der Waals surface area contributed by atoms with Gasteiger partial charge in [-0.3, -0.25) is 5.10 Å². The first-order valence-corrected chi connectivity index (χ1v) is 4.60. The van der Waals surface area contributed by atoms with Gasteiger partial charge in [0.2, 0.25) is 0 Å². The highest BCUT2D eigenvalue weighted by Gasteiger charge is 2.23. The maximum Gasteiger partial charge on any atom is 0.130 e. The smallest absolute Gasteiger partial charge is 0.130 e. The standard InChI is InChI=1S/C10H10N2O2/c1-2-9-8(4-11-12-9)10(3-1)14-6-7-5-13-7/h1-4,7H,5-6H2,(H,11,12)/t7-/m1/s1. The van der Waals surface area contributed by atoms with Gasteiger partial charge >= 0.3 is 0 Å². The molecule has 0 saturated carbocycles. The first kappa shape index (κ1) is 7.82. The second-order valence-corrected chi connectivity index (χ2v) is 3.35. The minimum atomic E-state index is 0.289. The molecule has 4 nitrogen and oxygen atoms in total. The van der Waals surface area contributed by atoms with E-state index in [1.165, 1.54) is 0 Å². The van der Waals surface area contributed by atoms with E-state index in [4.69, 9.17) is 9.47 Å². The number of fused-ring (bicyclic) bond motifs is 1. The zero-order valence-electron chi connectivity index (χ0n) is 7.56. The van der Waals surface area contributed by atoms with Crippen LogP contribution in [0.25, 0.3) is 10.9 Å². The number of H-pyrrole nitrogens is 1. The number of benzene rings is 1. The van der Waals surface area contributed by atoms with Gasteiger partial charge in [-0.15, -0.1) is 0 Å². The molecule has 4 heteroatoms. The van der Waals surface area contributed by atoms with Crippen LogP contribution in [0, 0.1) is 0 Å². The van der Waals surface area contributed by atoms with Gasteiger partial charge in [0.15, 0.2) is 0 Å². The van der Waals surface area contributed by atoms with Gasteiger partial charge in [-0.05, 0) is 12.1 Å². The van der Waals surface area contributed by atoms with Gasteiger partial charge in [-0.25, -0.2) is 0 Å². The normalized spacial score (nSPS) is 19.9. The van der Waals surface area contributed by atoms with Gasteiger partial charge in [0.25, 0.3) is 0 Å². The van der Waals surface area contributed by atoms with Gasteiger partial charge in [0.1, 0.15) is 18.5 Å². The van der Waals surface area contributed by atoms with E-state index in [2.05, 4.69) is 10.2 Å². The molecule has 0 radical (unpaired) electrons. The predicted molar refractivity (Wildman–Crippen MR) is 51.3 cm³/mol. The monoisotopic (exact) mass is 190 g/mol. The fourth-order valence-electron chi connectivity index (χ4n) is 1.41. The second-order valence-electron chi connectivity index (χ2n) is 3.35. The van der Waals surface area contributed by atoms with Crippen molar-refractivity contribution in [3.8, 4) is 5.75 Å². The molecule has 0 bridgehead atoms. The van der Waals surface area contributed by atoms with Gasteiger partial charge in [0.05, 0.1) is 23.7 Å². The predicted octanol–water partition coefficient (Wildman–Crippen LogP) is 1.34. The maximum absolute atomic E-state index is 5.62. The summed E-state index contributed by atoms with van der Waals surface area (Å²) in [4.78, 5) is 0. The minimum Gasteiger partial charge on any atom is -0.490 e. The van der Waals surface area contributed by atoms with Crippen molar-refractivity contribution in [1.29, 1.82) is 0 Å². The molecule has 1 N–H and O–H groups in total. The van der Waals surface area contributed by atoms with Crippen molar-refractivity contribution >= 4 is 10.9 Å². The highest BCUT2D eigenvalue weighted by molar-refractivity contribution is 5.84. The summed E-state index contributed by atoms with van der Waals surface area (Å²) in [7, 11) is 0. The highest BCUT2D eigenvalue weighted by Crippen LogP contribution is 2.24. The first-order chi connectivity index (χ1) is 6.93. The number of aromatic nitrogens is 2. The Morgan fingerprint density at radius 2 is 2.50 bits per heavy atom. The van der Waals surface area contributed by atoms with Crippen LogP contribution in [0.2, 0.25) is 0 Å². The molecular weight excluding hydrogens is 180 g/mol. The number of hydrogen-bond donors (Lipinski definition) is 1. The van der Waals surface area contributed by atoms with E-state index in [9.17, 15) is 0 Å². The third-order valence-electron chi connectivity index (χ3n) is 2.27. The number of hydrogen-bond acceptors (Lipinski definition) is 3. The van der Waals surface area contributed by atoms with E-state index >= 15 is 0 Å². The van der Waals surface area contributed by atoms with Crippen LogP contribution < -0.4 is 4.74 Å². The lowest BCUT2D eigenvalue weighted by molar-refractivity contribution is 0.265. The number of nitrogens with zero attached hydrogens (tertiary/aromatic N) is 1. The average Bonchev–Trinajstić information content (AvgIpc) is 2.91. The van der Waals surface area contributed by atoms with E-state index < -0.39 is 0 Å². The second kappa shape index (κ2) is 2.99. The van der Waals surface area contributed by atoms with Crippen LogP contribution >= 0.6 is 0 Å². The molecule has 1 fully saturated rings. The molecule has 1 aromatic heterocycles. The molecule has 14 heavy (non-hydrogen) atoms. The number of ether oxygens (including phenoxy) is 2. The van der Waals surface area contributed by atoms with Crippen molar-refractivity contribution in [3.05, 3.63) is 24.4 Å². The van der Waals surface area contributed by atoms with Crippen molar-refractivity contribution in [1.82, 2.24) is 10.2 Å². The maximum atomic E-state index is 5.62. The van der Waals surface area contributed by atoms with Crippen LogP contribution in [0.1, 0.15) is 0 Å². The zero-order valence-corrected chi connectivity index (χ0v) is 7.56. The molecule has 3 rings (SSSR count). The molecule has 1 atom stereocenters. The van der Waals surface area contributed by atoms with Gasteiger partial charge < -0.3 is 9.47 Å². The van der Waals surface area contributed by atoms with E-state index in [-0.39, 0.29) is 6.10 Å². The van der Waals surface area contributed by atoms with Crippen LogP contribution in [0.5, 0.6) is 5.75 Å². The third-order valence-corrected chi connectivity index (χ3v) is 2.27. The molecule has 1 aromatic carbocycles.